The number of nitrogens with zero attached hydrogens (tertiary/aromatic N) is 2. The van der Waals surface area contributed by atoms with E-state index < -0.39 is 19.2 Å². The second kappa shape index (κ2) is 6.37. The smallest absolute Gasteiger partial charge is 0.321 e. The minimum atomic E-state index is -3.96. The van der Waals surface area contributed by atoms with Gasteiger partial charge in [-0.05, 0) is 39.5 Å². The third kappa shape index (κ3) is 3.86. The third-order valence-corrected chi connectivity index (χ3v) is 5.85. The zero-order valence-corrected chi connectivity index (χ0v) is 13.7. The molecule has 3 N–H and O–H groups in total. The molecule has 0 unspecified atom stereocenters. The summed E-state index contributed by atoms with van der Waals surface area (Å²) in [6.45, 7) is 0.0450. The van der Waals surface area contributed by atoms with Gasteiger partial charge in [-0.3, -0.25) is 4.18 Å². The lowest BCUT2D eigenvalue weighted by Crippen LogP contribution is -2.14. The number of benzene rings is 1. The van der Waals surface area contributed by atoms with Gasteiger partial charge in [0.25, 0.3) is 0 Å². The molecule has 1 heterocycles. The SMILES string of the molecule is CSS(=O)(=O)OCCNc1ccc(S(N)(=O)=O)c2nonc12. The molecule has 0 aliphatic rings. The molecule has 122 valence electrons. The van der Waals surface area contributed by atoms with Crippen LogP contribution >= 0.6 is 10.8 Å². The lowest BCUT2D eigenvalue weighted by Gasteiger charge is -2.07. The highest BCUT2D eigenvalue weighted by Crippen LogP contribution is 2.25. The molecule has 22 heavy (non-hydrogen) atoms. The fraction of sp³-hybridized carbons (Fsp3) is 0.333. The zero-order chi connectivity index (χ0) is 16.4. The van der Waals surface area contributed by atoms with Gasteiger partial charge in [0.1, 0.15) is 4.90 Å². The zero-order valence-electron chi connectivity index (χ0n) is 11.2. The molecule has 0 saturated heterocycles. The number of fused-ring (bicyclic) bond motifs is 1. The lowest BCUT2D eigenvalue weighted by atomic mass is 10.2. The van der Waals surface area contributed by atoms with Crippen molar-refractivity contribution in [2.45, 2.75) is 4.90 Å². The van der Waals surface area contributed by atoms with Gasteiger partial charge in [0.15, 0.2) is 11.0 Å². The fourth-order valence-corrected chi connectivity index (χ4v) is 3.13. The number of aromatic nitrogens is 2. The van der Waals surface area contributed by atoms with Crippen LogP contribution in [0.5, 0.6) is 0 Å². The Morgan fingerprint density at radius 1 is 1.27 bits per heavy atom. The second-order valence-electron chi connectivity index (χ2n) is 3.94. The van der Waals surface area contributed by atoms with E-state index in [2.05, 4.69) is 24.4 Å². The van der Waals surface area contributed by atoms with Crippen LogP contribution in [0.1, 0.15) is 0 Å². The number of nitrogens with one attached hydrogen (secondary N) is 1. The molecule has 0 amide bonds. The van der Waals surface area contributed by atoms with Crippen LogP contribution in [-0.2, 0) is 23.4 Å². The molecule has 0 saturated carbocycles. The Labute approximate surface area is 129 Å². The summed E-state index contributed by atoms with van der Waals surface area (Å²) >= 11 is 0. The van der Waals surface area contributed by atoms with Crippen molar-refractivity contribution in [1.29, 1.82) is 0 Å². The molecule has 2 rings (SSSR count). The molecular formula is C9H12N4O6S3. The van der Waals surface area contributed by atoms with Crippen LogP contribution in [0.3, 0.4) is 0 Å². The average molecular weight is 368 g/mol. The summed E-state index contributed by atoms with van der Waals surface area (Å²) in [5, 5.41) is 15.0. The molecule has 0 radical (unpaired) electrons. The highest BCUT2D eigenvalue weighted by Gasteiger charge is 2.19. The molecule has 10 nitrogen and oxygen atoms in total. The van der Waals surface area contributed by atoms with E-state index in [1.807, 2.05) is 0 Å². The summed E-state index contributed by atoms with van der Waals surface area (Å²) in [6, 6.07) is 2.68. The van der Waals surface area contributed by atoms with Gasteiger partial charge in [-0.2, -0.15) is 8.42 Å². The maximum absolute atomic E-state index is 11.4. The second-order valence-corrected chi connectivity index (χ2v) is 9.08. The highest BCUT2D eigenvalue weighted by molar-refractivity contribution is 8.70. The van der Waals surface area contributed by atoms with Crippen molar-refractivity contribution in [3.63, 3.8) is 0 Å². The van der Waals surface area contributed by atoms with Crippen LogP contribution in [0.4, 0.5) is 5.69 Å². The molecular weight excluding hydrogens is 356 g/mol. The van der Waals surface area contributed by atoms with E-state index in [1.54, 1.807) is 0 Å². The van der Waals surface area contributed by atoms with Crippen molar-refractivity contribution in [2.75, 3.05) is 24.7 Å². The van der Waals surface area contributed by atoms with Gasteiger partial charge >= 0.3 is 9.15 Å². The van der Waals surface area contributed by atoms with E-state index in [9.17, 15) is 16.8 Å². The molecule has 1 aromatic heterocycles. The number of hydrogen-bond donors (Lipinski definition) is 2. The topological polar surface area (TPSA) is 154 Å². The van der Waals surface area contributed by atoms with E-state index in [1.165, 1.54) is 18.4 Å². The summed E-state index contributed by atoms with van der Waals surface area (Å²) in [5.41, 5.74) is 0.568. The van der Waals surface area contributed by atoms with Crippen LogP contribution in [-0.4, -0.2) is 46.6 Å². The van der Waals surface area contributed by atoms with Crippen molar-refractivity contribution in [3.8, 4) is 0 Å². The molecule has 0 atom stereocenters. The maximum Gasteiger partial charge on any atom is 0.321 e. The minimum absolute atomic E-state index is 0.00912. The number of rotatable bonds is 7. The molecule has 1 aromatic carbocycles. The van der Waals surface area contributed by atoms with Crippen LogP contribution < -0.4 is 10.5 Å². The molecule has 0 aliphatic carbocycles. The van der Waals surface area contributed by atoms with Crippen LogP contribution in [0.15, 0.2) is 21.7 Å². The summed E-state index contributed by atoms with van der Waals surface area (Å²) in [6.07, 6.45) is 1.39. The van der Waals surface area contributed by atoms with Crippen molar-refractivity contribution < 1.29 is 25.6 Å². The predicted octanol–water partition coefficient (Wildman–Crippen LogP) is -0.0935. The number of nitrogens with two attached hydrogens (primary N) is 1. The van der Waals surface area contributed by atoms with E-state index >= 15 is 0 Å². The van der Waals surface area contributed by atoms with Crippen molar-refractivity contribution in [2.24, 2.45) is 5.14 Å². The Bertz CT molecular complexity index is 876. The van der Waals surface area contributed by atoms with E-state index in [0.29, 0.717) is 16.5 Å². The average Bonchev–Trinajstić information content (AvgIpc) is 2.91. The normalized spacial score (nSPS) is 12.6. The fourth-order valence-electron chi connectivity index (χ4n) is 1.59. The predicted molar refractivity (Wildman–Crippen MR) is 80.1 cm³/mol. The first-order valence-electron chi connectivity index (χ1n) is 5.71. The maximum atomic E-state index is 11.4. The highest BCUT2D eigenvalue weighted by atomic mass is 33.1. The first kappa shape index (κ1) is 17.0. The first-order chi connectivity index (χ1) is 10.2. The monoisotopic (exact) mass is 368 g/mol. The molecule has 0 bridgehead atoms. The Kier molecular flexibility index (Phi) is 4.91. The van der Waals surface area contributed by atoms with Gasteiger partial charge < -0.3 is 5.32 Å². The van der Waals surface area contributed by atoms with Gasteiger partial charge in [0, 0.05) is 6.54 Å². The molecule has 0 aliphatic heterocycles. The van der Waals surface area contributed by atoms with E-state index in [0.717, 1.165) is 0 Å². The minimum Gasteiger partial charge on any atom is -0.381 e. The van der Waals surface area contributed by atoms with Crippen LogP contribution in [0.2, 0.25) is 0 Å². The molecule has 2 aromatic rings. The Balaban J connectivity index is 2.16. The van der Waals surface area contributed by atoms with Gasteiger partial charge in [-0.25, -0.2) is 18.2 Å². The quantitative estimate of drug-likeness (QED) is 0.500. The summed E-state index contributed by atoms with van der Waals surface area (Å²) < 4.78 is 54.3. The van der Waals surface area contributed by atoms with Gasteiger partial charge in [-0.15, -0.1) is 0 Å². The van der Waals surface area contributed by atoms with Crippen molar-refractivity contribution >= 4 is 46.7 Å². The van der Waals surface area contributed by atoms with Crippen LogP contribution in [0, 0.1) is 0 Å². The number of primary sulfonamides is 1. The number of hydrogen-bond acceptors (Lipinski definition) is 10. The number of sulfonamides is 1. The summed E-state index contributed by atoms with van der Waals surface area (Å²) in [7, 11) is -6.97. The van der Waals surface area contributed by atoms with Gasteiger partial charge in [0.2, 0.25) is 10.0 Å². The Hall–Kier alpha value is -1.41. The first-order valence-corrected chi connectivity index (χ1v) is 10.4. The standard InChI is InChI=1S/C9H12N4O6S3/c1-20-22(16,17)18-5-4-11-6-2-3-7(21(10,14)15)9-8(6)12-19-13-9/h2-3,11H,4-5H2,1H3,(H2,10,14,15). The van der Waals surface area contributed by atoms with Gasteiger partial charge in [-0.1, -0.05) is 0 Å². The Morgan fingerprint density at radius 2 is 1.95 bits per heavy atom. The summed E-state index contributed by atoms with van der Waals surface area (Å²) in [5.74, 6) is 0. The Morgan fingerprint density at radius 3 is 2.59 bits per heavy atom. The van der Waals surface area contributed by atoms with Crippen LogP contribution in [0.25, 0.3) is 11.0 Å². The number of anilines is 1. The molecule has 0 fully saturated rings. The van der Waals surface area contributed by atoms with E-state index in [4.69, 9.17) is 5.14 Å². The molecule has 13 heteroatoms. The molecule has 0 spiro atoms. The van der Waals surface area contributed by atoms with Crippen molar-refractivity contribution in [3.05, 3.63) is 12.1 Å². The lowest BCUT2D eigenvalue weighted by molar-refractivity contribution is 0.315. The largest absolute Gasteiger partial charge is 0.381 e. The van der Waals surface area contributed by atoms with E-state index in [-0.39, 0.29) is 29.1 Å². The third-order valence-electron chi connectivity index (χ3n) is 2.53. The summed E-state index contributed by atoms with van der Waals surface area (Å²) in [4.78, 5) is -0.212. The van der Waals surface area contributed by atoms with Crippen molar-refractivity contribution in [1.82, 2.24) is 10.3 Å². The van der Waals surface area contributed by atoms with Gasteiger partial charge in [0.05, 0.1) is 12.3 Å².